The van der Waals surface area contributed by atoms with Crippen molar-refractivity contribution < 1.29 is 24.2 Å². The number of aliphatic carboxylic acids is 1. The van der Waals surface area contributed by atoms with Gasteiger partial charge in [-0.2, -0.15) is 0 Å². The van der Waals surface area contributed by atoms with E-state index in [1.807, 2.05) is 13.8 Å². The zero-order chi connectivity index (χ0) is 18.7. The van der Waals surface area contributed by atoms with E-state index in [-0.39, 0.29) is 29.7 Å². The molecule has 5 atom stereocenters. The average Bonchev–Trinajstić information content (AvgIpc) is 2.81. The van der Waals surface area contributed by atoms with Gasteiger partial charge >= 0.3 is 11.9 Å². The molecule has 5 unspecified atom stereocenters. The van der Waals surface area contributed by atoms with E-state index < -0.39 is 11.9 Å². The number of rotatable bonds is 2. The number of fused-ring (bicyclic) bond motifs is 1. The minimum Gasteiger partial charge on any atom is -0.481 e. The Hall–Kier alpha value is -1.91. The first kappa shape index (κ1) is 19.4. The standard InChI is InChI=1S/C10H14O3.C10H14O2/c1-6-3-4-8(9(11)5-6)7(2)10(12)13;1-6-3-4-8-7(2)10(11)12-9(8)5-6/h5,7-8H,3-4H2,1-2H3,(H,12,13);5,7-9H,3-4H2,1-2H3. The fourth-order valence-electron chi connectivity index (χ4n) is 3.73. The van der Waals surface area contributed by atoms with Crippen LogP contribution in [0, 0.1) is 23.7 Å². The lowest BCUT2D eigenvalue weighted by Crippen LogP contribution is -2.28. The van der Waals surface area contributed by atoms with Gasteiger partial charge in [0.05, 0.1) is 11.8 Å². The van der Waals surface area contributed by atoms with Gasteiger partial charge in [0, 0.05) is 11.8 Å². The number of allylic oxidation sites excluding steroid dienone is 3. The van der Waals surface area contributed by atoms with Gasteiger partial charge in [0.1, 0.15) is 6.10 Å². The minimum absolute atomic E-state index is 0.0176. The highest BCUT2D eigenvalue weighted by molar-refractivity contribution is 5.95. The number of carbonyl (C=O) groups excluding carboxylic acids is 2. The third kappa shape index (κ3) is 4.59. The second-order valence-electron chi connectivity index (χ2n) is 7.57. The molecule has 0 radical (unpaired) electrons. The maximum absolute atomic E-state index is 11.4. The first-order chi connectivity index (χ1) is 11.7. The van der Waals surface area contributed by atoms with Gasteiger partial charge in [-0.3, -0.25) is 14.4 Å². The average molecular weight is 348 g/mol. The first-order valence-corrected chi connectivity index (χ1v) is 9.02. The highest BCUT2D eigenvalue weighted by Crippen LogP contribution is 2.37. The fourth-order valence-corrected chi connectivity index (χ4v) is 3.73. The number of hydrogen-bond donors (Lipinski definition) is 1. The van der Waals surface area contributed by atoms with E-state index in [2.05, 4.69) is 13.0 Å². The lowest BCUT2D eigenvalue weighted by molar-refractivity contribution is -0.145. The van der Waals surface area contributed by atoms with Crippen LogP contribution in [0.2, 0.25) is 0 Å². The lowest BCUT2D eigenvalue weighted by Gasteiger charge is -2.22. The second kappa shape index (κ2) is 7.98. The third-order valence-corrected chi connectivity index (χ3v) is 5.61. The molecule has 3 rings (SSSR count). The number of hydrogen-bond acceptors (Lipinski definition) is 4. The predicted molar refractivity (Wildman–Crippen MR) is 93.8 cm³/mol. The Kier molecular flexibility index (Phi) is 6.20. The van der Waals surface area contributed by atoms with E-state index in [4.69, 9.17) is 9.84 Å². The summed E-state index contributed by atoms with van der Waals surface area (Å²) in [5.74, 6) is -1.25. The molecule has 5 nitrogen and oxygen atoms in total. The van der Waals surface area contributed by atoms with Gasteiger partial charge in [-0.15, -0.1) is 0 Å². The Morgan fingerprint density at radius 3 is 2.44 bits per heavy atom. The summed E-state index contributed by atoms with van der Waals surface area (Å²) >= 11 is 0. The number of ketones is 1. The molecule has 0 saturated carbocycles. The summed E-state index contributed by atoms with van der Waals surface area (Å²) in [5.41, 5.74) is 2.41. The number of carboxylic acid groups (broad SMARTS) is 1. The number of carboxylic acids is 1. The molecule has 0 amide bonds. The molecule has 5 heteroatoms. The van der Waals surface area contributed by atoms with Gasteiger partial charge in [0.15, 0.2) is 5.78 Å². The first-order valence-electron chi connectivity index (χ1n) is 9.02. The van der Waals surface area contributed by atoms with E-state index in [1.54, 1.807) is 13.0 Å². The smallest absolute Gasteiger partial charge is 0.309 e. The monoisotopic (exact) mass is 348 g/mol. The fraction of sp³-hybridized carbons (Fsp3) is 0.650. The molecule has 0 aromatic rings. The van der Waals surface area contributed by atoms with Crippen molar-refractivity contribution in [2.24, 2.45) is 23.7 Å². The Morgan fingerprint density at radius 1 is 1.20 bits per heavy atom. The van der Waals surface area contributed by atoms with E-state index in [9.17, 15) is 14.4 Å². The Balaban J connectivity index is 0.000000181. The summed E-state index contributed by atoms with van der Waals surface area (Å²) < 4.78 is 5.23. The van der Waals surface area contributed by atoms with Crippen molar-refractivity contribution in [3.05, 3.63) is 23.3 Å². The van der Waals surface area contributed by atoms with Gasteiger partial charge in [-0.25, -0.2) is 0 Å². The highest BCUT2D eigenvalue weighted by Gasteiger charge is 2.41. The maximum atomic E-state index is 11.4. The van der Waals surface area contributed by atoms with Crippen molar-refractivity contribution in [2.45, 2.75) is 59.5 Å². The molecule has 138 valence electrons. The van der Waals surface area contributed by atoms with Gasteiger partial charge < -0.3 is 9.84 Å². The van der Waals surface area contributed by atoms with Crippen LogP contribution < -0.4 is 0 Å². The van der Waals surface area contributed by atoms with Crippen LogP contribution in [0.4, 0.5) is 0 Å². The van der Waals surface area contributed by atoms with E-state index >= 15 is 0 Å². The molecule has 2 aliphatic carbocycles. The Labute approximate surface area is 149 Å². The summed E-state index contributed by atoms with van der Waals surface area (Å²) in [6, 6.07) is 0. The summed E-state index contributed by atoms with van der Waals surface area (Å²) in [6.07, 6.45) is 7.52. The molecule has 0 aromatic heterocycles. The largest absolute Gasteiger partial charge is 0.481 e. The Bertz CT molecular complexity index is 616. The van der Waals surface area contributed by atoms with Crippen LogP contribution in [0.3, 0.4) is 0 Å². The van der Waals surface area contributed by atoms with Gasteiger partial charge in [-0.05, 0) is 51.7 Å². The Morgan fingerprint density at radius 2 is 1.84 bits per heavy atom. The van der Waals surface area contributed by atoms with Crippen molar-refractivity contribution in [3.63, 3.8) is 0 Å². The van der Waals surface area contributed by atoms with Crippen molar-refractivity contribution in [1.29, 1.82) is 0 Å². The highest BCUT2D eigenvalue weighted by atomic mass is 16.6. The number of ether oxygens (including phenoxy) is 1. The summed E-state index contributed by atoms with van der Waals surface area (Å²) in [5, 5.41) is 8.75. The maximum Gasteiger partial charge on any atom is 0.309 e. The van der Waals surface area contributed by atoms with Crippen LogP contribution in [0.25, 0.3) is 0 Å². The van der Waals surface area contributed by atoms with Gasteiger partial charge in [0.2, 0.25) is 0 Å². The van der Waals surface area contributed by atoms with Crippen LogP contribution >= 0.6 is 0 Å². The molecule has 1 fully saturated rings. The number of esters is 1. The van der Waals surface area contributed by atoms with Crippen LogP contribution in [-0.2, 0) is 19.1 Å². The van der Waals surface area contributed by atoms with Gasteiger partial charge in [-0.1, -0.05) is 25.0 Å². The number of carbonyl (C=O) groups is 3. The van der Waals surface area contributed by atoms with Crippen LogP contribution in [0.5, 0.6) is 0 Å². The zero-order valence-electron chi connectivity index (χ0n) is 15.5. The molecular weight excluding hydrogens is 320 g/mol. The summed E-state index contributed by atoms with van der Waals surface area (Å²) in [7, 11) is 0. The van der Waals surface area contributed by atoms with Crippen LogP contribution in [0.1, 0.15) is 53.4 Å². The minimum atomic E-state index is -0.883. The van der Waals surface area contributed by atoms with Gasteiger partial charge in [0.25, 0.3) is 0 Å². The predicted octanol–water partition coefficient (Wildman–Crippen LogP) is 3.54. The molecule has 1 N–H and O–H groups in total. The summed E-state index contributed by atoms with van der Waals surface area (Å²) in [4.78, 5) is 33.3. The third-order valence-electron chi connectivity index (χ3n) is 5.61. The van der Waals surface area contributed by atoms with Crippen molar-refractivity contribution in [2.75, 3.05) is 0 Å². The molecule has 1 heterocycles. The SMILES string of the molecule is CC1=CC(=O)C(C(C)C(=O)O)CC1.CC1=CC2OC(=O)C(C)C2CC1. The second-order valence-corrected chi connectivity index (χ2v) is 7.57. The zero-order valence-corrected chi connectivity index (χ0v) is 15.5. The van der Waals surface area contributed by atoms with Crippen LogP contribution in [0.15, 0.2) is 23.3 Å². The molecule has 1 saturated heterocycles. The lowest BCUT2D eigenvalue weighted by atomic mass is 9.81. The molecule has 0 bridgehead atoms. The normalized spacial score (nSPS) is 32.5. The molecular formula is C20H28O5. The summed E-state index contributed by atoms with van der Waals surface area (Å²) in [6.45, 7) is 7.58. The van der Waals surface area contributed by atoms with E-state index in [0.717, 1.165) is 24.8 Å². The van der Waals surface area contributed by atoms with E-state index in [1.165, 1.54) is 5.57 Å². The van der Waals surface area contributed by atoms with Crippen molar-refractivity contribution in [3.8, 4) is 0 Å². The van der Waals surface area contributed by atoms with Crippen LogP contribution in [-0.4, -0.2) is 28.9 Å². The quantitative estimate of drug-likeness (QED) is 0.610. The van der Waals surface area contributed by atoms with E-state index in [0.29, 0.717) is 12.3 Å². The molecule has 25 heavy (non-hydrogen) atoms. The van der Waals surface area contributed by atoms with Crippen molar-refractivity contribution in [1.82, 2.24) is 0 Å². The topological polar surface area (TPSA) is 80.7 Å². The molecule has 0 aromatic carbocycles. The molecule has 0 spiro atoms. The molecule has 1 aliphatic heterocycles. The van der Waals surface area contributed by atoms with Crippen molar-refractivity contribution >= 4 is 17.7 Å². The molecule has 3 aliphatic rings.